The van der Waals surface area contributed by atoms with E-state index >= 15 is 0 Å². The molecular formula is C22H25NO8S. The number of β-amino-alcohol motifs (C(OH)–C–C–N with tert-alkyl or cyclic N) is 1. The van der Waals surface area contributed by atoms with E-state index in [-0.39, 0.29) is 11.4 Å². The van der Waals surface area contributed by atoms with Crippen molar-refractivity contribution in [3.8, 4) is 11.5 Å². The highest BCUT2D eigenvalue weighted by atomic mass is 32.2. The molecule has 4 rings (SSSR count). The Kier molecular flexibility index (Phi) is 5.99. The van der Waals surface area contributed by atoms with Crippen molar-refractivity contribution in [2.45, 2.75) is 48.9 Å². The summed E-state index contributed by atoms with van der Waals surface area (Å²) in [6, 6.07) is 13.6. The number of methoxy groups -OCH3 is 1. The predicted molar refractivity (Wildman–Crippen MR) is 112 cm³/mol. The molecule has 0 aliphatic carbocycles. The Bertz CT molecular complexity index is 1070. The first-order valence-corrected chi connectivity index (χ1v) is 11.5. The number of ether oxygens (including phenoxy) is 4. The third-order valence-corrected chi connectivity index (χ3v) is 7.24. The monoisotopic (exact) mass is 463 g/mol. The molecule has 10 heteroatoms. The molecule has 0 radical (unpaired) electrons. The van der Waals surface area contributed by atoms with Crippen molar-refractivity contribution >= 4 is 16.0 Å². The number of piperidine rings is 1. The van der Waals surface area contributed by atoms with Gasteiger partial charge >= 0.3 is 5.97 Å². The molecule has 2 aromatic rings. The molecule has 4 atom stereocenters. The quantitative estimate of drug-likeness (QED) is 0.670. The Morgan fingerprint density at radius 1 is 1.03 bits per heavy atom. The molecule has 0 saturated carbocycles. The number of esters is 1. The Balaban J connectivity index is 1.63. The number of sulfonamides is 1. The summed E-state index contributed by atoms with van der Waals surface area (Å²) in [4.78, 5) is 12.5. The fraction of sp³-hybridized carbons (Fsp3) is 0.409. The number of rotatable bonds is 5. The number of nitrogens with zero attached hydrogens (tertiary/aromatic N) is 1. The first-order chi connectivity index (χ1) is 15.1. The van der Waals surface area contributed by atoms with E-state index in [9.17, 15) is 18.3 Å². The van der Waals surface area contributed by atoms with Crippen LogP contribution in [0, 0.1) is 0 Å². The fourth-order valence-electron chi connectivity index (χ4n) is 3.98. The lowest BCUT2D eigenvalue weighted by molar-refractivity contribution is -0.160. The zero-order chi connectivity index (χ0) is 23.1. The summed E-state index contributed by atoms with van der Waals surface area (Å²) >= 11 is 0. The van der Waals surface area contributed by atoms with Crippen LogP contribution in [0.4, 0.5) is 0 Å². The summed E-state index contributed by atoms with van der Waals surface area (Å²) in [6.07, 6.45) is -3.06. The highest BCUT2D eigenvalue weighted by Gasteiger charge is 2.58. The Morgan fingerprint density at radius 3 is 2.25 bits per heavy atom. The molecule has 1 N–H and O–H groups in total. The second kappa shape index (κ2) is 8.45. The molecule has 0 bridgehead atoms. The first-order valence-electron chi connectivity index (χ1n) is 10.1. The van der Waals surface area contributed by atoms with Crippen molar-refractivity contribution in [2.24, 2.45) is 0 Å². The van der Waals surface area contributed by atoms with Crippen LogP contribution in [-0.2, 0) is 29.0 Å². The Labute approximate surface area is 186 Å². The van der Waals surface area contributed by atoms with Gasteiger partial charge in [-0.15, -0.1) is 0 Å². The molecular weight excluding hydrogens is 438 g/mol. The SMILES string of the molecule is COC(=O)[C@H]1[C@H]2OC(C)(C)O[C@@H]2[C@@H](O)CN1S(=O)(=O)c1ccc(Oc2ccccc2)cc1. The van der Waals surface area contributed by atoms with E-state index in [1.807, 2.05) is 18.2 Å². The maximum atomic E-state index is 13.5. The van der Waals surface area contributed by atoms with E-state index in [4.69, 9.17) is 18.9 Å². The van der Waals surface area contributed by atoms with Crippen molar-refractivity contribution in [3.63, 3.8) is 0 Å². The van der Waals surface area contributed by atoms with Crippen LogP contribution in [0.3, 0.4) is 0 Å². The number of hydrogen-bond donors (Lipinski definition) is 1. The van der Waals surface area contributed by atoms with Gasteiger partial charge in [0.2, 0.25) is 10.0 Å². The van der Waals surface area contributed by atoms with Gasteiger partial charge in [-0.05, 0) is 50.2 Å². The van der Waals surface area contributed by atoms with E-state index < -0.39 is 46.1 Å². The molecule has 2 saturated heterocycles. The minimum Gasteiger partial charge on any atom is -0.468 e. The van der Waals surface area contributed by atoms with E-state index in [0.717, 1.165) is 4.31 Å². The second-order valence-corrected chi connectivity index (χ2v) is 9.95. The molecule has 2 aliphatic heterocycles. The molecule has 2 heterocycles. The van der Waals surface area contributed by atoms with Crippen molar-refractivity contribution in [1.29, 1.82) is 0 Å². The van der Waals surface area contributed by atoms with Crippen molar-refractivity contribution in [1.82, 2.24) is 4.31 Å². The molecule has 32 heavy (non-hydrogen) atoms. The lowest BCUT2D eigenvalue weighted by atomic mass is 9.96. The maximum absolute atomic E-state index is 13.5. The minimum atomic E-state index is -4.18. The topological polar surface area (TPSA) is 112 Å². The summed E-state index contributed by atoms with van der Waals surface area (Å²) in [5.41, 5.74) is 0. The molecule has 0 unspecified atom stereocenters. The second-order valence-electron chi connectivity index (χ2n) is 8.06. The molecule has 9 nitrogen and oxygen atoms in total. The van der Waals surface area contributed by atoms with Crippen LogP contribution in [0.25, 0.3) is 0 Å². The standard InChI is InChI=1S/C22H25NO8S/c1-22(2)30-19-17(24)13-23(18(20(19)31-22)21(25)28-3)32(26,27)16-11-9-15(10-12-16)29-14-7-5-4-6-8-14/h4-12,17-20,24H,13H2,1-3H3/t17-,18+,19+,20+/m0/s1. The average Bonchev–Trinajstić information content (AvgIpc) is 3.10. The Morgan fingerprint density at radius 2 is 1.62 bits per heavy atom. The van der Waals surface area contributed by atoms with Crippen LogP contribution in [-0.4, -0.2) is 67.6 Å². The van der Waals surface area contributed by atoms with E-state index in [0.29, 0.717) is 11.5 Å². The van der Waals surface area contributed by atoms with E-state index in [2.05, 4.69) is 0 Å². The summed E-state index contributed by atoms with van der Waals surface area (Å²) in [7, 11) is -3.01. The third kappa shape index (κ3) is 4.24. The van der Waals surface area contributed by atoms with Crippen LogP contribution < -0.4 is 4.74 Å². The molecule has 2 fully saturated rings. The van der Waals surface area contributed by atoms with Gasteiger partial charge in [-0.25, -0.2) is 8.42 Å². The number of carbonyl (C=O) groups excluding carboxylic acids is 1. The van der Waals surface area contributed by atoms with Gasteiger partial charge in [-0.2, -0.15) is 4.31 Å². The van der Waals surface area contributed by atoms with Gasteiger partial charge < -0.3 is 24.1 Å². The number of carbonyl (C=O) groups is 1. The third-order valence-electron chi connectivity index (χ3n) is 5.38. The lowest BCUT2D eigenvalue weighted by Crippen LogP contribution is -2.64. The predicted octanol–water partition coefficient (Wildman–Crippen LogP) is 1.91. The van der Waals surface area contributed by atoms with E-state index in [1.54, 1.807) is 26.0 Å². The summed E-state index contributed by atoms with van der Waals surface area (Å²) in [5.74, 6) is -0.813. The first kappa shape index (κ1) is 22.7. The highest BCUT2D eigenvalue weighted by Crippen LogP contribution is 2.39. The van der Waals surface area contributed by atoms with Gasteiger partial charge in [0.25, 0.3) is 0 Å². The summed E-state index contributed by atoms with van der Waals surface area (Å²) in [6.45, 7) is 2.93. The molecule has 0 spiro atoms. The van der Waals surface area contributed by atoms with E-state index in [1.165, 1.54) is 31.4 Å². The van der Waals surface area contributed by atoms with Crippen molar-refractivity contribution < 1.29 is 37.3 Å². The molecule has 2 aliphatic rings. The largest absolute Gasteiger partial charge is 0.468 e. The molecule has 172 valence electrons. The normalized spacial score (nSPS) is 27.5. The molecule has 0 amide bonds. The summed E-state index contributed by atoms with van der Waals surface area (Å²) in [5, 5.41) is 10.6. The number of hydrogen-bond acceptors (Lipinski definition) is 8. The van der Waals surface area contributed by atoms with Crippen LogP contribution >= 0.6 is 0 Å². The van der Waals surface area contributed by atoms with Crippen molar-refractivity contribution in [2.75, 3.05) is 13.7 Å². The van der Waals surface area contributed by atoms with Crippen LogP contribution in [0.2, 0.25) is 0 Å². The van der Waals surface area contributed by atoms with Gasteiger partial charge in [-0.1, -0.05) is 18.2 Å². The highest BCUT2D eigenvalue weighted by molar-refractivity contribution is 7.89. The number of benzene rings is 2. The zero-order valence-corrected chi connectivity index (χ0v) is 18.7. The number of fused-ring (bicyclic) bond motifs is 1. The number of aliphatic hydroxyl groups is 1. The average molecular weight is 464 g/mol. The van der Waals surface area contributed by atoms with Gasteiger partial charge in [0.15, 0.2) is 11.8 Å². The lowest BCUT2D eigenvalue weighted by Gasteiger charge is -2.40. The zero-order valence-electron chi connectivity index (χ0n) is 17.9. The summed E-state index contributed by atoms with van der Waals surface area (Å²) < 4.78 is 49.9. The maximum Gasteiger partial charge on any atom is 0.327 e. The molecule has 0 aromatic heterocycles. The van der Waals surface area contributed by atoms with Gasteiger partial charge in [0.1, 0.15) is 23.7 Å². The minimum absolute atomic E-state index is 0.0596. The van der Waals surface area contributed by atoms with Gasteiger partial charge in [0, 0.05) is 6.54 Å². The molecule has 2 aromatic carbocycles. The number of para-hydroxylation sites is 1. The van der Waals surface area contributed by atoms with Crippen molar-refractivity contribution in [3.05, 3.63) is 54.6 Å². The number of aliphatic hydroxyl groups excluding tert-OH is 1. The fourth-order valence-corrected chi connectivity index (χ4v) is 5.59. The van der Waals surface area contributed by atoms with Crippen LogP contribution in [0.1, 0.15) is 13.8 Å². The van der Waals surface area contributed by atoms with Gasteiger partial charge in [-0.3, -0.25) is 4.79 Å². The van der Waals surface area contributed by atoms with Crippen LogP contribution in [0.15, 0.2) is 59.5 Å². The Hall–Kier alpha value is -2.50. The smallest absolute Gasteiger partial charge is 0.327 e. The van der Waals surface area contributed by atoms with Crippen LogP contribution in [0.5, 0.6) is 11.5 Å². The van der Waals surface area contributed by atoms with Gasteiger partial charge in [0.05, 0.1) is 18.1 Å².